The zero-order valence-corrected chi connectivity index (χ0v) is 15.4. The number of hydrogen-bond donors (Lipinski definition) is 0. The minimum atomic E-state index is -0.541. The molecule has 6 nitrogen and oxygen atoms in total. The minimum absolute atomic E-state index is 0.0588. The van der Waals surface area contributed by atoms with E-state index in [2.05, 4.69) is 4.99 Å². The molecule has 0 radical (unpaired) electrons. The van der Waals surface area contributed by atoms with Gasteiger partial charge in [0.15, 0.2) is 5.17 Å². The molecular weight excluding hydrogens is 340 g/mol. The lowest BCUT2D eigenvalue weighted by Crippen LogP contribution is -2.40. The fourth-order valence-corrected chi connectivity index (χ4v) is 4.03. The molecule has 0 N–H and O–H groups in total. The van der Waals surface area contributed by atoms with Gasteiger partial charge >= 0.3 is 5.97 Å². The van der Waals surface area contributed by atoms with Crippen LogP contribution in [0, 0.1) is 0 Å². The van der Waals surface area contributed by atoms with Gasteiger partial charge in [-0.2, -0.15) is 0 Å². The van der Waals surface area contributed by atoms with E-state index < -0.39 is 12.0 Å². The van der Waals surface area contributed by atoms with Crippen molar-refractivity contribution in [3.63, 3.8) is 0 Å². The molecule has 0 spiro atoms. The van der Waals surface area contributed by atoms with E-state index in [0.29, 0.717) is 23.0 Å². The van der Waals surface area contributed by atoms with Crippen molar-refractivity contribution in [2.45, 2.75) is 32.1 Å². The maximum Gasteiger partial charge on any atom is 0.338 e. The summed E-state index contributed by atoms with van der Waals surface area (Å²) < 4.78 is 10.4. The summed E-state index contributed by atoms with van der Waals surface area (Å²) in [5.41, 5.74) is 1.78. The first-order chi connectivity index (χ1) is 12.0. The number of esters is 1. The smallest absolute Gasteiger partial charge is 0.338 e. The van der Waals surface area contributed by atoms with E-state index in [4.69, 9.17) is 9.47 Å². The SMILES string of the molecule is CCOc1ccc([C@@H]2C(C(=O)OC)=C(C)N=C3S[C@@H](C)C(=O)N32)cc1. The van der Waals surface area contributed by atoms with Crippen LogP contribution in [0.3, 0.4) is 0 Å². The summed E-state index contributed by atoms with van der Waals surface area (Å²) in [5, 5.41) is 0.398. The van der Waals surface area contributed by atoms with Crippen LogP contribution in [0.2, 0.25) is 0 Å². The van der Waals surface area contributed by atoms with Crippen LogP contribution in [-0.4, -0.2) is 40.9 Å². The fourth-order valence-electron chi connectivity index (χ4n) is 3.00. The number of carbonyl (C=O) groups is 2. The first-order valence-corrected chi connectivity index (χ1v) is 8.96. The number of aliphatic imine (C=N–C) groups is 1. The molecule has 2 aliphatic heterocycles. The highest BCUT2D eigenvalue weighted by molar-refractivity contribution is 8.15. The van der Waals surface area contributed by atoms with Gasteiger partial charge in [0.25, 0.3) is 0 Å². The van der Waals surface area contributed by atoms with Crippen LogP contribution in [0.15, 0.2) is 40.5 Å². The molecule has 132 valence electrons. The van der Waals surface area contributed by atoms with Crippen molar-refractivity contribution in [3.8, 4) is 5.75 Å². The van der Waals surface area contributed by atoms with Crippen molar-refractivity contribution in [1.82, 2.24) is 4.90 Å². The highest BCUT2D eigenvalue weighted by Gasteiger charge is 2.46. The quantitative estimate of drug-likeness (QED) is 0.772. The average Bonchev–Trinajstić information content (AvgIpc) is 2.88. The van der Waals surface area contributed by atoms with Crippen molar-refractivity contribution >= 4 is 28.8 Å². The number of amidine groups is 1. The van der Waals surface area contributed by atoms with Gasteiger partial charge in [0.2, 0.25) is 5.91 Å². The van der Waals surface area contributed by atoms with E-state index in [1.54, 1.807) is 11.8 Å². The van der Waals surface area contributed by atoms with Gasteiger partial charge in [0.1, 0.15) is 5.75 Å². The van der Waals surface area contributed by atoms with E-state index in [1.165, 1.54) is 18.9 Å². The van der Waals surface area contributed by atoms with Crippen LogP contribution in [0.1, 0.15) is 32.4 Å². The Morgan fingerprint density at radius 3 is 2.60 bits per heavy atom. The lowest BCUT2D eigenvalue weighted by Gasteiger charge is -2.32. The van der Waals surface area contributed by atoms with Gasteiger partial charge in [0, 0.05) is 0 Å². The Bertz CT molecular complexity index is 770. The van der Waals surface area contributed by atoms with Crippen LogP contribution in [-0.2, 0) is 14.3 Å². The van der Waals surface area contributed by atoms with E-state index in [1.807, 2.05) is 38.1 Å². The summed E-state index contributed by atoms with van der Waals surface area (Å²) in [4.78, 5) is 31.1. The Hall–Kier alpha value is -2.28. The molecule has 0 bridgehead atoms. The lowest BCUT2D eigenvalue weighted by atomic mass is 9.94. The Morgan fingerprint density at radius 2 is 2.00 bits per heavy atom. The van der Waals surface area contributed by atoms with Crippen LogP contribution < -0.4 is 4.74 Å². The zero-order chi connectivity index (χ0) is 18.1. The number of thioether (sulfide) groups is 1. The first-order valence-electron chi connectivity index (χ1n) is 8.08. The van der Waals surface area contributed by atoms with E-state index in [0.717, 1.165) is 11.3 Å². The fraction of sp³-hybridized carbons (Fsp3) is 0.389. The minimum Gasteiger partial charge on any atom is -0.494 e. The average molecular weight is 360 g/mol. The Morgan fingerprint density at radius 1 is 1.32 bits per heavy atom. The number of nitrogens with zero attached hydrogens (tertiary/aromatic N) is 2. The standard InChI is InChI=1S/C18H20N2O4S/c1-5-24-13-8-6-12(7-9-13)15-14(17(22)23-4)10(2)19-18-20(15)16(21)11(3)25-18/h6-9,11,15H,5H2,1-4H3/t11-,15+/m0/s1. The van der Waals surface area contributed by atoms with Crippen LogP contribution >= 0.6 is 11.8 Å². The number of allylic oxidation sites excluding steroid dienone is 1. The number of amides is 1. The molecule has 3 rings (SSSR count). The first kappa shape index (κ1) is 17.5. The van der Waals surface area contributed by atoms with Crippen molar-refractivity contribution in [2.75, 3.05) is 13.7 Å². The third-order valence-corrected chi connectivity index (χ3v) is 5.22. The van der Waals surface area contributed by atoms with Gasteiger partial charge in [-0.15, -0.1) is 0 Å². The summed E-state index contributed by atoms with van der Waals surface area (Å²) in [6, 6.07) is 6.88. The number of fused-ring (bicyclic) bond motifs is 1. The molecule has 0 aliphatic carbocycles. The molecule has 1 aromatic rings. The molecule has 7 heteroatoms. The molecule has 1 saturated heterocycles. The summed E-state index contributed by atoms with van der Waals surface area (Å²) in [7, 11) is 1.33. The van der Waals surface area contributed by atoms with Gasteiger partial charge in [0.05, 0.1) is 36.3 Å². The monoisotopic (exact) mass is 360 g/mol. The number of hydrogen-bond acceptors (Lipinski definition) is 6. The molecule has 0 aromatic heterocycles. The molecule has 2 atom stereocenters. The summed E-state index contributed by atoms with van der Waals surface area (Å²) in [5.74, 6) is 0.208. The Balaban J connectivity index is 2.09. The molecule has 2 aliphatic rings. The zero-order valence-electron chi connectivity index (χ0n) is 14.6. The normalized spacial score (nSPS) is 22.6. The van der Waals surface area contributed by atoms with Crippen LogP contribution in [0.4, 0.5) is 0 Å². The van der Waals surface area contributed by atoms with E-state index in [-0.39, 0.29) is 11.2 Å². The Kier molecular flexibility index (Phi) is 4.85. The largest absolute Gasteiger partial charge is 0.494 e. The van der Waals surface area contributed by atoms with Gasteiger partial charge in [-0.05, 0) is 38.5 Å². The van der Waals surface area contributed by atoms with Crippen molar-refractivity contribution in [2.24, 2.45) is 4.99 Å². The topological polar surface area (TPSA) is 68.2 Å². The molecule has 1 aromatic carbocycles. The third kappa shape index (κ3) is 3.04. The molecule has 25 heavy (non-hydrogen) atoms. The van der Waals surface area contributed by atoms with Crippen LogP contribution in [0.25, 0.3) is 0 Å². The number of ether oxygens (including phenoxy) is 2. The van der Waals surface area contributed by atoms with Gasteiger partial charge < -0.3 is 9.47 Å². The molecule has 0 saturated carbocycles. The maximum absolute atomic E-state index is 12.7. The van der Waals surface area contributed by atoms with E-state index >= 15 is 0 Å². The molecule has 2 heterocycles. The van der Waals surface area contributed by atoms with Gasteiger partial charge in [-0.25, -0.2) is 9.79 Å². The maximum atomic E-state index is 12.7. The van der Waals surface area contributed by atoms with Gasteiger partial charge in [-0.3, -0.25) is 9.69 Å². The highest BCUT2D eigenvalue weighted by Crippen LogP contribution is 2.43. The summed E-state index contributed by atoms with van der Waals surface area (Å²) in [6.07, 6.45) is 0. The predicted octanol–water partition coefficient (Wildman–Crippen LogP) is 2.91. The van der Waals surface area contributed by atoms with Crippen molar-refractivity contribution in [1.29, 1.82) is 0 Å². The number of benzene rings is 1. The van der Waals surface area contributed by atoms with Gasteiger partial charge in [-0.1, -0.05) is 23.9 Å². The second-order valence-electron chi connectivity index (χ2n) is 5.76. The Labute approximate surface area is 150 Å². The molecule has 1 fully saturated rings. The summed E-state index contributed by atoms with van der Waals surface area (Å²) in [6.45, 7) is 6.11. The van der Waals surface area contributed by atoms with E-state index in [9.17, 15) is 9.59 Å². The van der Waals surface area contributed by atoms with Crippen molar-refractivity contribution in [3.05, 3.63) is 41.1 Å². The highest BCUT2D eigenvalue weighted by atomic mass is 32.2. The molecular formula is C18H20N2O4S. The third-order valence-electron chi connectivity index (χ3n) is 4.17. The molecule has 0 unspecified atom stereocenters. The number of rotatable bonds is 4. The second kappa shape index (κ2) is 6.92. The number of methoxy groups -OCH3 is 1. The van der Waals surface area contributed by atoms with Crippen LogP contribution in [0.5, 0.6) is 5.75 Å². The van der Waals surface area contributed by atoms with Crippen molar-refractivity contribution < 1.29 is 19.1 Å². The predicted molar refractivity (Wildman–Crippen MR) is 96.4 cm³/mol. The molecule has 1 amide bonds. The number of carbonyl (C=O) groups excluding carboxylic acids is 2. The lowest BCUT2D eigenvalue weighted by molar-refractivity contribution is -0.137. The summed E-state index contributed by atoms with van der Waals surface area (Å²) >= 11 is 1.41. The second-order valence-corrected chi connectivity index (χ2v) is 7.07.